The molecular formula is H10O10P4. The topological polar surface area (TPSA) is 193 Å². The maximum atomic E-state index is 8.88. The van der Waals surface area contributed by atoms with Gasteiger partial charge in [-0.05, 0) is 0 Å². The SMILES string of the molecule is O=P(O)(O)O.O=P(O)(O)O.O=PO.P. The quantitative estimate of drug-likeness (QED) is 0.255. The van der Waals surface area contributed by atoms with Gasteiger partial charge < -0.3 is 34.3 Å². The summed E-state index contributed by atoms with van der Waals surface area (Å²) in [5.74, 6) is 0. The summed E-state index contributed by atoms with van der Waals surface area (Å²) in [6.07, 6.45) is 0. The minimum atomic E-state index is -4.64. The Hall–Kier alpha value is 0.710. The Bertz CT molecular complexity index is 158. The molecule has 0 rings (SSSR count). The number of hydrogen-bond acceptors (Lipinski definition) is 3. The molecular weight excluding hydrogens is 284 g/mol. The van der Waals surface area contributed by atoms with E-state index >= 15 is 0 Å². The Labute approximate surface area is 83.0 Å². The minimum absolute atomic E-state index is 0. The van der Waals surface area contributed by atoms with Gasteiger partial charge in [-0.3, -0.25) is 0 Å². The molecule has 0 fully saturated rings. The Balaban J connectivity index is -0.0000000535. The lowest BCUT2D eigenvalue weighted by molar-refractivity contribution is 0.272. The largest absolute Gasteiger partial charge is 0.466 e. The third-order valence-corrected chi connectivity index (χ3v) is 0. The van der Waals surface area contributed by atoms with E-state index in [0.717, 1.165) is 0 Å². The van der Waals surface area contributed by atoms with Crippen molar-refractivity contribution in [3.63, 3.8) is 0 Å². The van der Waals surface area contributed by atoms with Crippen LogP contribution in [0.25, 0.3) is 0 Å². The van der Waals surface area contributed by atoms with Crippen LogP contribution in [0.3, 0.4) is 0 Å². The van der Waals surface area contributed by atoms with Gasteiger partial charge in [-0.2, -0.15) is 9.90 Å². The Morgan fingerprint density at radius 1 is 0.786 bits per heavy atom. The van der Waals surface area contributed by atoms with Gasteiger partial charge in [-0.15, -0.1) is 0 Å². The molecule has 0 aliphatic rings. The van der Waals surface area contributed by atoms with E-state index < -0.39 is 24.3 Å². The molecule has 7 N–H and O–H groups in total. The maximum Gasteiger partial charge on any atom is 0.466 e. The van der Waals surface area contributed by atoms with Gasteiger partial charge in [0.2, 0.25) is 0 Å². The molecule has 0 bridgehead atoms. The van der Waals surface area contributed by atoms with Crippen LogP contribution in [0.2, 0.25) is 0 Å². The highest BCUT2D eigenvalue weighted by atomic mass is 31.2. The molecule has 0 spiro atoms. The molecule has 10 nitrogen and oxygen atoms in total. The van der Waals surface area contributed by atoms with Crippen LogP contribution in [0.5, 0.6) is 0 Å². The van der Waals surface area contributed by atoms with Crippen molar-refractivity contribution in [3.8, 4) is 0 Å². The molecule has 0 aromatic carbocycles. The lowest BCUT2D eigenvalue weighted by Gasteiger charge is -1.82. The molecule has 14 heavy (non-hydrogen) atoms. The Morgan fingerprint density at radius 3 is 0.786 bits per heavy atom. The normalized spacial score (nSPS) is 9.93. The molecule has 1 atom stereocenters. The molecule has 0 aliphatic carbocycles. The van der Waals surface area contributed by atoms with Crippen molar-refractivity contribution in [2.45, 2.75) is 0 Å². The van der Waals surface area contributed by atoms with E-state index in [1.54, 1.807) is 0 Å². The van der Waals surface area contributed by atoms with Crippen LogP contribution in [-0.4, -0.2) is 34.3 Å². The highest BCUT2D eigenvalue weighted by Gasteiger charge is 2.00. The first kappa shape index (κ1) is 24.1. The van der Waals surface area contributed by atoms with Crippen molar-refractivity contribution in [2.24, 2.45) is 0 Å². The lowest BCUT2D eigenvalue weighted by atomic mass is 15.8. The van der Waals surface area contributed by atoms with Gasteiger partial charge in [0.15, 0.2) is 0 Å². The maximum absolute atomic E-state index is 8.88. The molecule has 14 heteroatoms. The third-order valence-electron chi connectivity index (χ3n) is 0. The summed E-state index contributed by atoms with van der Waals surface area (Å²) in [7, 11) is -10.1. The molecule has 0 saturated heterocycles. The second-order valence-electron chi connectivity index (χ2n) is 1.11. The van der Waals surface area contributed by atoms with E-state index in [1.165, 1.54) is 0 Å². The van der Waals surface area contributed by atoms with E-state index in [-0.39, 0.29) is 9.90 Å². The Kier molecular flexibility index (Phi) is 20.3. The van der Waals surface area contributed by atoms with E-state index in [9.17, 15) is 0 Å². The van der Waals surface area contributed by atoms with Crippen LogP contribution < -0.4 is 0 Å². The monoisotopic (exact) mass is 294 g/mol. The second kappa shape index (κ2) is 11.8. The standard InChI is InChI=1S/2H3O4P.HO2P.H3P/c2*1-5(2,3)4;1-3-2;/h2*(H3,1,2,3,4);(H,1,2);1H3. The molecule has 0 aromatic rings. The van der Waals surface area contributed by atoms with Gasteiger partial charge in [-0.25, -0.2) is 13.7 Å². The molecule has 0 heterocycles. The first-order valence-corrected chi connectivity index (χ1v) is 5.84. The molecule has 0 amide bonds. The molecule has 0 saturated carbocycles. The van der Waals surface area contributed by atoms with Crippen molar-refractivity contribution in [3.05, 3.63) is 0 Å². The van der Waals surface area contributed by atoms with Gasteiger partial charge in [0.25, 0.3) is 0 Å². The molecule has 0 aromatic heterocycles. The Morgan fingerprint density at radius 2 is 0.786 bits per heavy atom. The number of hydrogen-bond donors (Lipinski definition) is 7. The zero-order valence-electron chi connectivity index (χ0n) is 6.40. The highest BCUT2D eigenvalue weighted by molar-refractivity contribution is 7.45. The van der Waals surface area contributed by atoms with E-state index in [2.05, 4.69) is 0 Å². The van der Waals surface area contributed by atoms with Gasteiger partial charge in [0.1, 0.15) is 0 Å². The van der Waals surface area contributed by atoms with Crippen LogP contribution in [0, 0.1) is 0 Å². The fourth-order valence-electron chi connectivity index (χ4n) is 0. The minimum Gasteiger partial charge on any atom is -0.310 e. The fraction of sp³-hybridized carbons (Fsp3) is 0. The molecule has 90 valence electrons. The average molecular weight is 294 g/mol. The van der Waals surface area contributed by atoms with Crippen molar-refractivity contribution < 1.29 is 47.9 Å². The summed E-state index contributed by atoms with van der Waals surface area (Å²) in [6, 6.07) is 0. The highest BCUT2D eigenvalue weighted by Crippen LogP contribution is 2.26. The van der Waals surface area contributed by atoms with Gasteiger partial charge in [0, 0.05) is 0 Å². The van der Waals surface area contributed by atoms with Crippen molar-refractivity contribution >= 4 is 34.2 Å². The summed E-state index contributed by atoms with van der Waals surface area (Å²) in [5.41, 5.74) is 0. The summed E-state index contributed by atoms with van der Waals surface area (Å²) in [4.78, 5) is 50.1. The van der Waals surface area contributed by atoms with Crippen molar-refractivity contribution in [1.29, 1.82) is 0 Å². The third kappa shape index (κ3) is 3460. The fourth-order valence-corrected chi connectivity index (χ4v) is 0. The van der Waals surface area contributed by atoms with E-state index in [4.69, 9.17) is 47.9 Å². The van der Waals surface area contributed by atoms with Gasteiger partial charge in [-0.1, -0.05) is 0 Å². The predicted octanol–water partition coefficient (Wildman–Crippen LogP) is -1.61. The molecule has 1 unspecified atom stereocenters. The molecule has 0 aliphatic heterocycles. The van der Waals surface area contributed by atoms with E-state index in [1.807, 2.05) is 0 Å². The van der Waals surface area contributed by atoms with Crippen LogP contribution in [0.15, 0.2) is 0 Å². The van der Waals surface area contributed by atoms with Crippen molar-refractivity contribution in [1.82, 2.24) is 0 Å². The predicted molar refractivity (Wildman–Crippen MR) is 49.5 cm³/mol. The summed E-state index contributed by atoms with van der Waals surface area (Å²) >= 11 is 0. The smallest absolute Gasteiger partial charge is 0.310 e. The van der Waals surface area contributed by atoms with Gasteiger partial charge in [0.05, 0.1) is 0 Å². The molecule has 0 radical (unpaired) electrons. The first-order valence-electron chi connectivity index (χ1n) is 1.95. The van der Waals surface area contributed by atoms with Gasteiger partial charge >= 0.3 is 24.3 Å². The summed E-state index contributed by atoms with van der Waals surface area (Å²) in [5, 5.41) is 0. The number of rotatable bonds is 0. The van der Waals surface area contributed by atoms with E-state index in [0.29, 0.717) is 0 Å². The van der Waals surface area contributed by atoms with Crippen molar-refractivity contribution in [2.75, 3.05) is 0 Å². The van der Waals surface area contributed by atoms with Crippen LogP contribution in [0.1, 0.15) is 0 Å². The second-order valence-corrected chi connectivity index (χ2v) is 3.32. The summed E-state index contributed by atoms with van der Waals surface area (Å²) < 4.78 is 26.2. The summed E-state index contributed by atoms with van der Waals surface area (Å²) in [6.45, 7) is 0. The lowest BCUT2D eigenvalue weighted by Crippen LogP contribution is -1.66. The average Bonchev–Trinajstić information content (AvgIpc) is 1.52. The van der Waals surface area contributed by atoms with Crippen LogP contribution >= 0.6 is 34.2 Å². The zero-order chi connectivity index (χ0) is 11.7. The number of phosphoric acid groups is 2. The van der Waals surface area contributed by atoms with Crippen LogP contribution in [0.4, 0.5) is 0 Å². The zero-order valence-corrected chi connectivity index (χ0v) is 10.5. The van der Waals surface area contributed by atoms with Crippen LogP contribution in [-0.2, 0) is 13.7 Å². The first-order chi connectivity index (χ1) is 5.41.